The molecule has 1 atom stereocenters. The van der Waals surface area contributed by atoms with Crippen LogP contribution in [0.1, 0.15) is 94.7 Å². The Labute approximate surface area is 262 Å². The molecule has 2 aromatic carbocycles. The van der Waals surface area contributed by atoms with Crippen LogP contribution in [0.15, 0.2) is 54.4 Å². The Bertz CT molecular complexity index is 1320. The number of carbonyl (C=O) groups excluding carboxylic acids is 1. The second kappa shape index (κ2) is 16.4. The summed E-state index contributed by atoms with van der Waals surface area (Å²) in [4.78, 5) is 16.3. The molecule has 1 N–H and O–H groups in total. The molecule has 1 heterocycles. The van der Waals surface area contributed by atoms with Gasteiger partial charge in [-0.1, -0.05) is 65.7 Å². The normalized spacial score (nSPS) is 14.8. The fraction of sp³-hybridized carbons (Fsp3) is 0.486. The standard InChI is InChI=1S/C22H22N.C13H21F3O2.Ir/c1-15-11-16(2)13-20(12-15)22-21-8-7-18(17-5-3-4-6-17)14-19(21)9-10-23-22;1-4-9(5-2)11(17)7-12(18)10(6-3)8-13(14,15)16;/h7-12,14,17H,3-6H2,1-2H3;7,9-10,17H,4-6,8H2,1-3H3;/q-1;;/b;11-7-;. The van der Waals surface area contributed by atoms with E-state index in [1.807, 2.05) is 20.0 Å². The van der Waals surface area contributed by atoms with E-state index in [0.717, 1.165) is 23.3 Å². The van der Waals surface area contributed by atoms with E-state index in [1.165, 1.54) is 60.1 Å². The van der Waals surface area contributed by atoms with Gasteiger partial charge in [-0.05, 0) is 66.1 Å². The molecule has 1 saturated carbocycles. The number of carbonyl (C=O) groups is 1. The molecule has 1 aliphatic carbocycles. The van der Waals surface area contributed by atoms with Crippen LogP contribution in [0, 0.1) is 31.7 Å². The zero-order valence-corrected chi connectivity index (χ0v) is 27.7. The molecular weight excluding hydrogens is 716 g/mol. The summed E-state index contributed by atoms with van der Waals surface area (Å²) in [5, 5.41) is 12.2. The zero-order chi connectivity index (χ0) is 30.2. The predicted octanol–water partition coefficient (Wildman–Crippen LogP) is 10.4. The first-order valence-corrected chi connectivity index (χ1v) is 14.9. The number of benzene rings is 2. The van der Waals surface area contributed by atoms with E-state index in [1.54, 1.807) is 0 Å². The van der Waals surface area contributed by atoms with E-state index in [0.29, 0.717) is 12.8 Å². The van der Waals surface area contributed by atoms with Crippen molar-refractivity contribution < 1.29 is 43.2 Å². The Morgan fingerprint density at radius 1 is 1.02 bits per heavy atom. The quantitative estimate of drug-likeness (QED) is 0.134. The van der Waals surface area contributed by atoms with Crippen LogP contribution in [0.4, 0.5) is 13.2 Å². The number of aliphatic hydroxyl groups is 1. The molecule has 1 unspecified atom stereocenters. The maximum Gasteiger partial charge on any atom is 0.389 e. The summed E-state index contributed by atoms with van der Waals surface area (Å²) in [5.74, 6) is -1.24. The number of aromatic nitrogens is 1. The summed E-state index contributed by atoms with van der Waals surface area (Å²) in [6.45, 7) is 9.48. The third kappa shape index (κ3) is 10.1. The molecule has 0 spiro atoms. The van der Waals surface area contributed by atoms with Gasteiger partial charge in [0.25, 0.3) is 0 Å². The van der Waals surface area contributed by atoms with Crippen molar-refractivity contribution >= 4 is 16.6 Å². The molecule has 0 bridgehead atoms. The molecule has 0 amide bonds. The summed E-state index contributed by atoms with van der Waals surface area (Å²) >= 11 is 0. The van der Waals surface area contributed by atoms with Crippen molar-refractivity contribution in [3.63, 3.8) is 0 Å². The first-order chi connectivity index (χ1) is 19.4. The van der Waals surface area contributed by atoms with Crippen LogP contribution in [-0.4, -0.2) is 22.1 Å². The van der Waals surface area contributed by atoms with E-state index in [-0.39, 0.29) is 38.2 Å². The molecule has 1 aliphatic rings. The van der Waals surface area contributed by atoms with Gasteiger partial charge in [-0.3, -0.25) is 4.79 Å². The van der Waals surface area contributed by atoms with Crippen molar-refractivity contribution in [3.05, 3.63) is 77.2 Å². The van der Waals surface area contributed by atoms with Gasteiger partial charge in [0, 0.05) is 44.2 Å². The van der Waals surface area contributed by atoms with Gasteiger partial charge in [-0.2, -0.15) is 13.2 Å². The Morgan fingerprint density at radius 2 is 1.67 bits per heavy atom. The van der Waals surface area contributed by atoms with Crippen molar-refractivity contribution in [2.45, 2.75) is 98.1 Å². The number of pyridine rings is 1. The van der Waals surface area contributed by atoms with E-state index in [2.05, 4.69) is 61.3 Å². The number of fused-ring (bicyclic) bond motifs is 1. The van der Waals surface area contributed by atoms with Crippen LogP contribution in [0.5, 0.6) is 0 Å². The molecule has 0 saturated heterocycles. The van der Waals surface area contributed by atoms with E-state index in [4.69, 9.17) is 0 Å². The monoisotopic (exact) mass is 759 g/mol. The third-order valence-corrected chi connectivity index (χ3v) is 8.09. The summed E-state index contributed by atoms with van der Waals surface area (Å²) in [6, 6.07) is 16.9. The SMILES string of the molecule is CCC(CC(F)(F)F)C(=O)/C=C(\O)C(CC)CC.Cc1[c-]c(-c2nccc3cc(C4CCCC4)ccc23)cc(C)c1.[Ir]. The molecule has 1 aromatic heterocycles. The minimum absolute atomic E-state index is 0. The molecule has 7 heteroatoms. The van der Waals surface area contributed by atoms with Crippen LogP contribution >= 0.6 is 0 Å². The maximum atomic E-state index is 12.2. The van der Waals surface area contributed by atoms with Gasteiger partial charge < -0.3 is 10.1 Å². The topological polar surface area (TPSA) is 50.2 Å². The van der Waals surface area contributed by atoms with Crippen molar-refractivity contribution in [2.24, 2.45) is 11.8 Å². The Morgan fingerprint density at radius 3 is 2.24 bits per heavy atom. The Kier molecular flexibility index (Phi) is 13.9. The predicted molar refractivity (Wildman–Crippen MR) is 161 cm³/mol. The van der Waals surface area contributed by atoms with Gasteiger partial charge in [0.1, 0.15) is 0 Å². The molecular formula is C35H43F3IrNO2-. The van der Waals surface area contributed by atoms with Crippen LogP contribution < -0.4 is 0 Å². The average Bonchev–Trinajstić information content (AvgIpc) is 3.46. The molecule has 0 aliphatic heterocycles. The number of hydrogen-bond acceptors (Lipinski definition) is 3. The van der Waals surface area contributed by atoms with Gasteiger partial charge in [-0.25, -0.2) is 0 Å². The van der Waals surface area contributed by atoms with Gasteiger partial charge in [-0.15, -0.1) is 34.9 Å². The number of halogens is 3. The smallest absolute Gasteiger partial charge is 0.389 e. The second-order valence-electron chi connectivity index (χ2n) is 11.3. The van der Waals surface area contributed by atoms with E-state index in [9.17, 15) is 23.1 Å². The Hall–Kier alpha value is -2.50. The number of ketones is 1. The Balaban J connectivity index is 0.000000298. The van der Waals surface area contributed by atoms with E-state index < -0.39 is 24.3 Å². The molecule has 1 radical (unpaired) electrons. The van der Waals surface area contributed by atoms with Gasteiger partial charge in [0.05, 0.1) is 12.2 Å². The number of rotatable bonds is 9. The number of aliphatic hydroxyl groups excluding tert-OH is 1. The largest absolute Gasteiger partial charge is 0.512 e. The van der Waals surface area contributed by atoms with Gasteiger partial charge >= 0.3 is 6.18 Å². The molecule has 3 aromatic rings. The number of allylic oxidation sites excluding steroid dienone is 2. The van der Waals surface area contributed by atoms with Gasteiger partial charge in [0.2, 0.25) is 0 Å². The molecule has 1 fully saturated rings. The summed E-state index contributed by atoms with van der Waals surface area (Å²) < 4.78 is 36.7. The molecule has 3 nitrogen and oxygen atoms in total. The molecule has 4 rings (SSSR count). The minimum Gasteiger partial charge on any atom is -0.512 e. The maximum absolute atomic E-state index is 12.2. The number of hydrogen-bond donors (Lipinski definition) is 1. The fourth-order valence-electron chi connectivity index (χ4n) is 5.76. The fourth-order valence-corrected chi connectivity index (χ4v) is 5.76. The van der Waals surface area contributed by atoms with Crippen molar-refractivity contribution in [2.75, 3.05) is 0 Å². The summed E-state index contributed by atoms with van der Waals surface area (Å²) in [5.41, 5.74) is 6.07. The first-order valence-electron chi connectivity index (χ1n) is 14.9. The number of alkyl halides is 3. The number of nitrogens with zero attached hydrogens (tertiary/aromatic N) is 1. The van der Waals surface area contributed by atoms with Crippen LogP contribution in [-0.2, 0) is 24.9 Å². The van der Waals surface area contributed by atoms with Crippen molar-refractivity contribution in [3.8, 4) is 11.3 Å². The van der Waals surface area contributed by atoms with Gasteiger partial charge in [0.15, 0.2) is 5.78 Å². The minimum atomic E-state index is -4.35. The second-order valence-corrected chi connectivity index (χ2v) is 11.3. The van der Waals surface area contributed by atoms with Crippen LogP contribution in [0.3, 0.4) is 0 Å². The van der Waals surface area contributed by atoms with Crippen molar-refractivity contribution in [1.29, 1.82) is 0 Å². The molecule has 231 valence electrons. The number of aryl methyl sites for hydroxylation is 2. The van der Waals surface area contributed by atoms with Crippen LogP contribution in [0.25, 0.3) is 22.0 Å². The first kappa shape index (κ1) is 35.7. The van der Waals surface area contributed by atoms with E-state index >= 15 is 0 Å². The third-order valence-electron chi connectivity index (χ3n) is 8.09. The molecule has 42 heavy (non-hydrogen) atoms. The summed E-state index contributed by atoms with van der Waals surface area (Å²) in [6.07, 6.45) is 4.28. The summed E-state index contributed by atoms with van der Waals surface area (Å²) in [7, 11) is 0. The van der Waals surface area contributed by atoms with Crippen molar-refractivity contribution in [1.82, 2.24) is 4.98 Å². The zero-order valence-electron chi connectivity index (χ0n) is 25.3. The average molecular weight is 759 g/mol. The van der Waals surface area contributed by atoms with Crippen LogP contribution in [0.2, 0.25) is 0 Å².